The third-order valence-electron chi connectivity index (χ3n) is 3.39. The number of aliphatic hydroxyl groups excluding tert-OH is 1. The lowest BCUT2D eigenvalue weighted by atomic mass is 10.1. The molecule has 0 aromatic rings. The second-order valence-electron chi connectivity index (χ2n) is 4.81. The van der Waals surface area contributed by atoms with E-state index in [0.717, 1.165) is 25.9 Å². The van der Waals surface area contributed by atoms with Gasteiger partial charge in [-0.3, -0.25) is 9.69 Å². The molecular formula is C13H25NO3. The van der Waals surface area contributed by atoms with Gasteiger partial charge in [-0.1, -0.05) is 6.92 Å². The van der Waals surface area contributed by atoms with Crippen molar-refractivity contribution in [3.8, 4) is 0 Å². The summed E-state index contributed by atoms with van der Waals surface area (Å²) in [4.78, 5) is 13.9. The van der Waals surface area contributed by atoms with Crippen LogP contribution in [-0.2, 0) is 9.53 Å². The van der Waals surface area contributed by atoms with Crippen molar-refractivity contribution in [2.75, 3.05) is 26.3 Å². The third kappa shape index (κ3) is 4.64. The lowest BCUT2D eigenvalue weighted by Gasteiger charge is -2.26. The van der Waals surface area contributed by atoms with Crippen molar-refractivity contribution in [2.24, 2.45) is 5.92 Å². The number of carbonyl (C=O) groups excluding carboxylic acids is 1. The molecule has 0 saturated carbocycles. The Morgan fingerprint density at radius 2 is 2.35 bits per heavy atom. The van der Waals surface area contributed by atoms with Gasteiger partial charge in [-0.2, -0.15) is 0 Å². The van der Waals surface area contributed by atoms with E-state index >= 15 is 0 Å². The van der Waals surface area contributed by atoms with Gasteiger partial charge in [-0.25, -0.2) is 0 Å². The van der Waals surface area contributed by atoms with Gasteiger partial charge in [-0.05, 0) is 39.2 Å². The standard InChI is InChI=1S/C13H25NO3/c1-3-17-13(16)11(2)10-14-8-4-6-12(14)7-5-9-15/h11-12,15H,3-10H2,1-2H3. The molecule has 1 fully saturated rings. The fourth-order valence-corrected chi connectivity index (χ4v) is 2.50. The van der Waals surface area contributed by atoms with Crippen LogP contribution in [-0.4, -0.2) is 48.3 Å². The zero-order valence-electron chi connectivity index (χ0n) is 11.0. The predicted octanol–water partition coefficient (Wildman–Crippen LogP) is 1.42. The molecule has 17 heavy (non-hydrogen) atoms. The highest BCUT2D eigenvalue weighted by Gasteiger charge is 2.27. The molecule has 2 atom stereocenters. The molecule has 0 radical (unpaired) electrons. The van der Waals surface area contributed by atoms with Gasteiger partial charge in [-0.15, -0.1) is 0 Å². The second kappa shape index (κ2) is 7.67. The third-order valence-corrected chi connectivity index (χ3v) is 3.39. The Bertz CT molecular complexity index is 233. The van der Waals surface area contributed by atoms with E-state index in [9.17, 15) is 4.79 Å². The van der Waals surface area contributed by atoms with Gasteiger partial charge in [0.2, 0.25) is 0 Å². The highest BCUT2D eigenvalue weighted by molar-refractivity contribution is 5.72. The van der Waals surface area contributed by atoms with E-state index in [1.807, 2.05) is 13.8 Å². The molecule has 0 amide bonds. The summed E-state index contributed by atoms with van der Waals surface area (Å²) in [5, 5.41) is 8.86. The molecule has 1 saturated heterocycles. The van der Waals surface area contributed by atoms with Crippen molar-refractivity contribution in [1.82, 2.24) is 4.90 Å². The predicted molar refractivity (Wildman–Crippen MR) is 66.7 cm³/mol. The number of likely N-dealkylation sites (tertiary alicyclic amines) is 1. The fraction of sp³-hybridized carbons (Fsp3) is 0.923. The smallest absolute Gasteiger partial charge is 0.309 e. The maximum absolute atomic E-state index is 11.6. The van der Waals surface area contributed by atoms with Gasteiger partial charge < -0.3 is 9.84 Å². The van der Waals surface area contributed by atoms with E-state index < -0.39 is 0 Å². The van der Waals surface area contributed by atoms with Crippen molar-refractivity contribution < 1.29 is 14.6 Å². The summed E-state index contributed by atoms with van der Waals surface area (Å²) < 4.78 is 5.02. The fourth-order valence-electron chi connectivity index (χ4n) is 2.50. The lowest BCUT2D eigenvalue weighted by Crippen LogP contribution is -2.36. The van der Waals surface area contributed by atoms with Crippen LogP contribution < -0.4 is 0 Å². The molecule has 1 aliphatic rings. The summed E-state index contributed by atoms with van der Waals surface area (Å²) in [6, 6.07) is 0.541. The first-order valence-corrected chi connectivity index (χ1v) is 6.70. The van der Waals surface area contributed by atoms with Crippen LogP contribution in [0.2, 0.25) is 0 Å². The molecule has 0 aliphatic carbocycles. The van der Waals surface area contributed by atoms with Crippen molar-refractivity contribution in [2.45, 2.75) is 45.6 Å². The highest BCUT2D eigenvalue weighted by atomic mass is 16.5. The summed E-state index contributed by atoms with van der Waals surface area (Å²) in [6.07, 6.45) is 4.28. The molecule has 0 spiro atoms. The van der Waals surface area contributed by atoms with Crippen molar-refractivity contribution in [3.05, 3.63) is 0 Å². The number of ether oxygens (including phenoxy) is 1. The quantitative estimate of drug-likeness (QED) is 0.687. The lowest BCUT2D eigenvalue weighted by molar-refractivity contribution is -0.148. The topological polar surface area (TPSA) is 49.8 Å². The summed E-state index contributed by atoms with van der Waals surface area (Å²) >= 11 is 0. The minimum Gasteiger partial charge on any atom is -0.466 e. The number of aliphatic hydroxyl groups is 1. The first-order chi connectivity index (χ1) is 8.19. The van der Waals surface area contributed by atoms with Crippen LogP contribution in [0.4, 0.5) is 0 Å². The van der Waals surface area contributed by atoms with Crippen molar-refractivity contribution >= 4 is 5.97 Å². The van der Waals surface area contributed by atoms with Crippen LogP contribution in [0.15, 0.2) is 0 Å². The van der Waals surface area contributed by atoms with Crippen molar-refractivity contribution in [1.29, 1.82) is 0 Å². The van der Waals surface area contributed by atoms with Gasteiger partial charge in [0.25, 0.3) is 0 Å². The number of hydrogen-bond donors (Lipinski definition) is 1. The number of rotatable bonds is 7. The highest BCUT2D eigenvalue weighted by Crippen LogP contribution is 2.22. The molecule has 0 aromatic heterocycles. The maximum atomic E-state index is 11.6. The first-order valence-electron chi connectivity index (χ1n) is 6.70. The average molecular weight is 243 g/mol. The van der Waals surface area contributed by atoms with Crippen LogP contribution in [0.3, 0.4) is 0 Å². The Labute approximate surface area is 104 Å². The molecule has 1 N–H and O–H groups in total. The van der Waals surface area contributed by atoms with Crippen LogP contribution in [0.1, 0.15) is 39.5 Å². The molecule has 100 valence electrons. The largest absolute Gasteiger partial charge is 0.466 e. The normalized spacial score (nSPS) is 22.6. The average Bonchev–Trinajstić information content (AvgIpc) is 2.74. The molecule has 1 rings (SSSR count). The van der Waals surface area contributed by atoms with Gasteiger partial charge >= 0.3 is 5.97 Å². The molecule has 1 aliphatic heterocycles. The van der Waals surface area contributed by atoms with Crippen LogP contribution in [0.25, 0.3) is 0 Å². The molecule has 2 unspecified atom stereocenters. The molecule has 4 nitrogen and oxygen atoms in total. The maximum Gasteiger partial charge on any atom is 0.309 e. The summed E-state index contributed by atoms with van der Waals surface area (Å²) in [5.41, 5.74) is 0. The summed E-state index contributed by atoms with van der Waals surface area (Å²) in [6.45, 7) is 6.34. The Morgan fingerprint density at radius 1 is 1.59 bits per heavy atom. The minimum atomic E-state index is -0.0969. The monoisotopic (exact) mass is 243 g/mol. The number of nitrogens with zero attached hydrogens (tertiary/aromatic N) is 1. The van der Waals surface area contributed by atoms with Crippen LogP contribution >= 0.6 is 0 Å². The zero-order chi connectivity index (χ0) is 12.7. The van der Waals surface area contributed by atoms with E-state index in [-0.39, 0.29) is 18.5 Å². The van der Waals surface area contributed by atoms with Crippen LogP contribution in [0.5, 0.6) is 0 Å². The zero-order valence-corrected chi connectivity index (χ0v) is 11.0. The van der Waals surface area contributed by atoms with Crippen molar-refractivity contribution in [3.63, 3.8) is 0 Å². The first kappa shape index (κ1) is 14.5. The molecular weight excluding hydrogens is 218 g/mol. The van der Waals surface area contributed by atoms with Gasteiger partial charge in [0.1, 0.15) is 0 Å². The minimum absolute atomic E-state index is 0.0512. The number of esters is 1. The van der Waals surface area contributed by atoms with Crippen LogP contribution in [0, 0.1) is 5.92 Å². The molecule has 4 heteroatoms. The Hall–Kier alpha value is -0.610. The van der Waals surface area contributed by atoms with E-state index in [0.29, 0.717) is 12.6 Å². The SMILES string of the molecule is CCOC(=O)C(C)CN1CCCC1CCCO. The summed E-state index contributed by atoms with van der Waals surface area (Å²) in [7, 11) is 0. The number of hydrogen-bond acceptors (Lipinski definition) is 4. The number of carbonyl (C=O) groups is 1. The molecule has 0 bridgehead atoms. The van der Waals surface area contributed by atoms with E-state index in [2.05, 4.69) is 4.90 Å². The van der Waals surface area contributed by atoms with E-state index in [4.69, 9.17) is 9.84 Å². The van der Waals surface area contributed by atoms with E-state index in [1.165, 1.54) is 12.8 Å². The molecule has 0 aromatic carbocycles. The Morgan fingerprint density at radius 3 is 3.00 bits per heavy atom. The van der Waals surface area contributed by atoms with Gasteiger partial charge in [0.05, 0.1) is 12.5 Å². The molecule has 1 heterocycles. The van der Waals surface area contributed by atoms with Gasteiger partial charge in [0, 0.05) is 19.2 Å². The Balaban J connectivity index is 2.35. The second-order valence-corrected chi connectivity index (χ2v) is 4.81. The van der Waals surface area contributed by atoms with Gasteiger partial charge in [0.15, 0.2) is 0 Å². The Kier molecular flexibility index (Phi) is 6.52. The van der Waals surface area contributed by atoms with E-state index in [1.54, 1.807) is 0 Å². The summed E-state index contributed by atoms with van der Waals surface area (Å²) in [5.74, 6) is -0.148.